The number of rotatable bonds is 5. The molecule has 0 saturated carbocycles. The molecule has 5 nitrogen and oxygen atoms in total. The van der Waals surface area contributed by atoms with Crippen LogP contribution in [0.15, 0.2) is 60.8 Å². The number of amides is 1. The highest BCUT2D eigenvalue weighted by molar-refractivity contribution is 5.91. The number of carbonyl (C=O) groups is 1. The average Bonchev–Trinajstić information content (AvgIpc) is 3.26. The summed E-state index contributed by atoms with van der Waals surface area (Å²) < 4.78 is 0. The molecule has 0 spiro atoms. The molecule has 0 atom stereocenters. The zero-order valence-corrected chi connectivity index (χ0v) is 15.1. The third-order valence-corrected chi connectivity index (χ3v) is 4.73. The summed E-state index contributed by atoms with van der Waals surface area (Å²) in [4.78, 5) is 23.4. The molecule has 27 heavy (non-hydrogen) atoms. The molecule has 2 aromatic heterocycles. The molecule has 0 unspecified atom stereocenters. The predicted molar refractivity (Wildman–Crippen MR) is 108 cm³/mol. The van der Waals surface area contributed by atoms with Crippen LogP contribution in [0, 0.1) is 0 Å². The fraction of sp³-hybridized carbons (Fsp3) is 0.227. The van der Waals surface area contributed by atoms with Gasteiger partial charge < -0.3 is 10.2 Å². The molecule has 1 N–H and O–H groups in total. The quantitative estimate of drug-likeness (QED) is 0.709. The van der Waals surface area contributed by atoms with Gasteiger partial charge in [0.05, 0.1) is 11.2 Å². The molecule has 136 valence electrons. The topological polar surface area (TPSA) is 58.1 Å². The van der Waals surface area contributed by atoms with E-state index in [2.05, 4.69) is 20.2 Å². The number of anilines is 1. The van der Waals surface area contributed by atoms with Crippen molar-refractivity contribution in [3.8, 4) is 0 Å². The van der Waals surface area contributed by atoms with Crippen LogP contribution in [-0.4, -0.2) is 29.0 Å². The molecule has 1 saturated heterocycles. The van der Waals surface area contributed by atoms with Gasteiger partial charge in [-0.3, -0.25) is 4.79 Å². The lowest BCUT2D eigenvalue weighted by molar-refractivity contribution is -0.116. The lowest BCUT2D eigenvalue weighted by atomic mass is 10.2. The molecule has 1 fully saturated rings. The highest BCUT2D eigenvalue weighted by atomic mass is 16.1. The van der Waals surface area contributed by atoms with E-state index in [1.54, 1.807) is 6.08 Å². The summed E-state index contributed by atoms with van der Waals surface area (Å²) in [5, 5.41) is 3.98. The summed E-state index contributed by atoms with van der Waals surface area (Å²) in [6.07, 6.45) is 7.55. The van der Waals surface area contributed by atoms with Gasteiger partial charge in [-0.05, 0) is 42.7 Å². The number of aromatic nitrogens is 2. The standard InChI is InChI=1S/C22H22N4O/c27-22(12-10-19-9-8-18-5-1-2-6-20(18)25-19)24-16-17-7-11-21(23-15-17)26-13-3-4-14-26/h1-2,5-12,15H,3-4,13-14,16H2,(H,24,27). The highest BCUT2D eigenvalue weighted by Gasteiger charge is 2.12. The molecule has 1 aromatic carbocycles. The number of nitrogens with one attached hydrogen (secondary N) is 1. The molecule has 1 aliphatic heterocycles. The maximum absolute atomic E-state index is 12.1. The van der Waals surface area contributed by atoms with Gasteiger partial charge in [-0.25, -0.2) is 9.97 Å². The summed E-state index contributed by atoms with van der Waals surface area (Å²) >= 11 is 0. The number of benzene rings is 1. The zero-order valence-electron chi connectivity index (χ0n) is 15.1. The third-order valence-electron chi connectivity index (χ3n) is 4.73. The summed E-state index contributed by atoms with van der Waals surface area (Å²) in [7, 11) is 0. The fourth-order valence-corrected chi connectivity index (χ4v) is 3.24. The van der Waals surface area contributed by atoms with Crippen LogP contribution in [0.4, 0.5) is 5.82 Å². The number of hydrogen-bond donors (Lipinski definition) is 1. The van der Waals surface area contributed by atoms with Crippen molar-refractivity contribution in [2.45, 2.75) is 19.4 Å². The smallest absolute Gasteiger partial charge is 0.244 e. The number of para-hydroxylation sites is 1. The number of nitrogens with zero attached hydrogens (tertiary/aromatic N) is 3. The van der Waals surface area contributed by atoms with Crippen molar-refractivity contribution in [3.63, 3.8) is 0 Å². The Morgan fingerprint density at radius 2 is 1.93 bits per heavy atom. The molecule has 1 amide bonds. The van der Waals surface area contributed by atoms with Gasteiger partial charge in [0.1, 0.15) is 5.82 Å². The molecular weight excluding hydrogens is 336 g/mol. The van der Waals surface area contributed by atoms with Gasteiger partial charge in [0.2, 0.25) is 5.91 Å². The number of hydrogen-bond acceptors (Lipinski definition) is 4. The number of pyridine rings is 2. The van der Waals surface area contributed by atoms with Crippen molar-refractivity contribution in [2.75, 3.05) is 18.0 Å². The number of carbonyl (C=O) groups excluding carboxylic acids is 1. The SMILES string of the molecule is O=C(C=Cc1ccc2ccccc2n1)NCc1ccc(N2CCCC2)nc1. The maximum Gasteiger partial charge on any atom is 0.244 e. The first-order valence-electron chi connectivity index (χ1n) is 9.29. The van der Waals surface area contributed by atoms with Gasteiger partial charge in [0.25, 0.3) is 0 Å². The maximum atomic E-state index is 12.1. The lowest BCUT2D eigenvalue weighted by Crippen LogP contribution is -2.21. The molecule has 0 bridgehead atoms. The molecule has 0 aliphatic carbocycles. The molecule has 5 heteroatoms. The summed E-state index contributed by atoms with van der Waals surface area (Å²) in [5.74, 6) is 0.874. The van der Waals surface area contributed by atoms with Crippen LogP contribution in [-0.2, 0) is 11.3 Å². The van der Waals surface area contributed by atoms with Crippen LogP contribution in [0.5, 0.6) is 0 Å². The Balaban J connectivity index is 1.32. The summed E-state index contributed by atoms with van der Waals surface area (Å²) in [6, 6.07) is 15.9. The first kappa shape index (κ1) is 17.2. The normalized spacial score (nSPS) is 14.1. The van der Waals surface area contributed by atoms with E-state index in [1.807, 2.05) is 54.7 Å². The lowest BCUT2D eigenvalue weighted by Gasteiger charge is -2.16. The first-order valence-corrected chi connectivity index (χ1v) is 9.29. The van der Waals surface area contributed by atoms with Gasteiger partial charge in [-0.2, -0.15) is 0 Å². The van der Waals surface area contributed by atoms with E-state index >= 15 is 0 Å². The van der Waals surface area contributed by atoms with Gasteiger partial charge in [-0.15, -0.1) is 0 Å². The van der Waals surface area contributed by atoms with Crippen LogP contribution < -0.4 is 10.2 Å². The van der Waals surface area contributed by atoms with Crippen molar-refractivity contribution in [3.05, 3.63) is 72.1 Å². The monoisotopic (exact) mass is 358 g/mol. The van der Waals surface area contributed by atoms with E-state index in [-0.39, 0.29) is 5.91 Å². The fourth-order valence-electron chi connectivity index (χ4n) is 3.24. The van der Waals surface area contributed by atoms with Crippen LogP contribution in [0.3, 0.4) is 0 Å². The van der Waals surface area contributed by atoms with Crippen molar-refractivity contribution in [1.82, 2.24) is 15.3 Å². The second-order valence-corrected chi connectivity index (χ2v) is 6.70. The second-order valence-electron chi connectivity index (χ2n) is 6.70. The Morgan fingerprint density at radius 1 is 1.07 bits per heavy atom. The largest absolute Gasteiger partial charge is 0.357 e. The van der Waals surface area contributed by atoms with Crippen molar-refractivity contribution >= 4 is 28.7 Å². The minimum absolute atomic E-state index is 0.145. The minimum atomic E-state index is -0.145. The Labute approximate surface area is 158 Å². The molecule has 1 aliphatic rings. The van der Waals surface area contributed by atoms with Gasteiger partial charge in [0, 0.05) is 37.3 Å². The Morgan fingerprint density at radius 3 is 2.74 bits per heavy atom. The Hall–Kier alpha value is -3.21. The Bertz CT molecular complexity index is 959. The van der Waals surface area contributed by atoms with E-state index < -0.39 is 0 Å². The van der Waals surface area contributed by atoms with Crippen LogP contribution in [0.2, 0.25) is 0 Å². The zero-order chi connectivity index (χ0) is 18.5. The molecular formula is C22H22N4O. The molecule has 3 heterocycles. The summed E-state index contributed by atoms with van der Waals surface area (Å²) in [5.41, 5.74) is 2.67. The van der Waals surface area contributed by atoms with Gasteiger partial charge in [0.15, 0.2) is 0 Å². The van der Waals surface area contributed by atoms with Crippen LogP contribution in [0.1, 0.15) is 24.1 Å². The first-order chi connectivity index (χ1) is 13.3. The van der Waals surface area contributed by atoms with E-state index in [4.69, 9.17) is 0 Å². The van der Waals surface area contributed by atoms with Gasteiger partial charge >= 0.3 is 0 Å². The van der Waals surface area contributed by atoms with Crippen LogP contribution >= 0.6 is 0 Å². The third kappa shape index (κ3) is 4.31. The van der Waals surface area contributed by atoms with E-state index in [1.165, 1.54) is 18.9 Å². The van der Waals surface area contributed by atoms with Crippen LogP contribution in [0.25, 0.3) is 17.0 Å². The highest BCUT2D eigenvalue weighted by Crippen LogP contribution is 2.17. The van der Waals surface area contributed by atoms with Crippen molar-refractivity contribution in [2.24, 2.45) is 0 Å². The summed E-state index contributed by atoms with van der Waals surface area (Å²) in [6.45, 7) is 2.62. The molecule has 4 rings (SSSR count). The molecule has 0 radical (unpaired) electrons. The predicted octanol–water partition coefficient (Wildman–Crippen LogP) is 3.56. The Kier molecular flexibility index (Phi) is 5.10. The van der Waals surface area contributed by atoms with E-state index in [0.29, 0.717) is 6.54 Å². The number of fused-ring (bicyclic) bond motifs is 1. The van der Waals surface area contributed by atoms with E-state index in [9.17, 15) is 4.79 Å². The van der Waals surface area contributed by atoms with E-state index in [0.717, 1.165) is 41.1 Å². The molecule has 3 aromatic rings. The average molecular weight is 358 g/mol. The van der Waals surface area contributed by atoms with Crippen molar-refractivity contribution < 1.29 is 4.79 Å². The van der Waals surface area contributed by atoms with Crippen molar-refractivity contribution in [1.29, 1.82) is 0 Å². The van der Waals surface area contributed by atoms with Gasteiger partial charge in [-0.1, -0.05) is 30.3 Å². The minimum Gasteiger partial charge on any atom is -0.357 e. The second kappa shape index (κ2) is 7.99.